The average molecular weight is 304 g/mol. The summed E-state index contributed by atoms with van der Waals surface area (Å²) in [6.45, 7) is 4.10. The molecule has 2 rings (SSSR count). The van der Waals surface area contributed by atoms with Gasteiger partial charge in [0.1, 0.15) is 11.1 Å². The largest absolute Gasteiger partial charge is 0.348 e. The summed E-state index contributed by atoms with van der Waals surface area (Å²) in [4.78, 5) is 18.5. The molecule has 112 valence electrons. The van der Waals surface area contributed by atoms with Crippen LogP contribution in [0.1, 0.15) is 36.4 Å². The van der Waals surface area contributed by atoms with Crippen LogP contribution in [-0.2, 0) is 4.79 Å². The third kappa shape index (κ3) is 3.85. The van der Waals surface area contributed by atoms with Crippen molar-refractivity contribution in [1.29, 1.82) is 0 Å². The number of rotatable bonds is 5. The lowest BCUT2D eigenvalue weighted by molar-refractivity contribution is -0.128. The highest BCUT2D eigenvalue weighted by molar-refractivity contribution is 8.00. The molecule has 1 aromatic carbocycles. The molecule has 0 aliphatic carbocycles. The zero-order valence-electron chi connectivity index (χ0n) is 12.7. The Bertz CT molecular complexity index is 595. The van der Waals surface area contributed by atoms with Gasteiger partial charge in [-0.25, -0.2) is 4.98 Å². The van der Waals surface area contributed by atoms with E-state index in [1.165, 1.54) is 11.8 Å². The second-order valence-corrected chi connectivity index (χ2v) is 6.37. The molecule has 5 nitrogen and oxygen atoms in total. The summed E-state index contributed by atoms with van der Waals surface area (Å²) >= 11 is 1.37. The van der Waals surface area contributed by atoms with Gasteiger partial charge in [0.25, 0.3) is 0 Å². The van der Waals surface area contributed by atoms with Gasteiger partial charge in [0, 0.05) is 20.0 Å². The number of benzene rings is 1. The fourth-order valence-corrected chi connectivity index (χ4v) is 2.86. The van der Waals surface area contributed by atoms with Crippen LogP contribution in [0.15, 0.2) is 35.5 Å². The summed E-state index contributed by atoms with van der Waals surface area (Å²) in [5.74, 6) is 1.15. The number of carbonyl (C=O) groups excluding carboxylic acids is 1. The maximum Gasteiger partial charge on any atom is 0.240 e. The summed E-state index contributed by atoms with van der Waals surface area (Å²) in [5.41, 5.74) is 0.956. The number of carbonyl (C=O) groups is 1. The van der Waals surface area contributed by atoms with E-state index in [2.05, 4.69) is 29.0 Å². The van der Waals surface area contributed by atoms with Gasteiger partial charge in [-0.05, 0) is 5.56 Å². The first-order valence-electron chi connectivity index (χ1n) is 6.84. The molecule has 0 unspecified atom stereocenters. The predicted octanol–water partition coefficient (Wildman–Crippen LogP) is 2.85. The second-order valence-electron chi connectivity index (χ2n) is 5.30. The number of amides is 1. The lowest BCUT2D eigenvalue weighted by atomic mass is 10.1. The van der Waals surface area contributed by atoms with Gasteiger partial charge in [-0.1, -0.05) is 55.9 Å². The van der Waals surface area contributed by atoms with Crippen molar-refractivity contribution in [2.75, 3.05) is 14.1 Å². The van der Waals surface area contributed by atoms with E-state index in [0.29, 0.717) is 5.16 Å². The maximum absolute atomic E-state index is 12.4. The lowest BCUT2D eigenvalue weighted by Gasteiger charge is -2.19. The number of nitrogens with zero attached hydrogens (tertiary/aromatic N) is 3. The topological polar surface area (TPSA) is 61.9 Å². The minimum atomic E-state index is -0.336. The van der Waals surface area contributed by atoms with Gasteiger partial charge in [-0.3, -0.25) is 9.89 Å². The van der Waals surface area contributed by atoms with Crippen LogP contribution in [0.2, 0.25) is 0 Å². The molecule has 0 fully saturated rings. The van der Waals surface area contributed by atoms with Crippen LogP contribution in [0.5, 0.6) is 0 Å². The van der Waals surface area contributed by atoms with Gasteiger partial charge in [-0.15, -0.1) is 5.10 Å². The molecule has 0 aliphatic rings. The van der Waals surface area contributed by atoms with E-state index in [4.69, 9.17) is 0 Å². The highest BCUT2D eigenvalue weighted by Gasteiger charge is 2.25. The highest BCUT2D eigenvalue weighted by atomic mass is 32.2. The fourth-order valence-electron chi connectivity index (χ4n) is 1.80. The highest BCUT2D eigenvalue weighted by Crippen LogP contribution is 2.34. The number of likely N-dealkylation sites (N-methyl/N-ethyl adjacent to an activating group) is 1. The van der Waals surface area contributed by atoms with Crippen molar-refractivity contribution in [3.8, 4) is 0 Å². The smallest absolute Gasteiger partial charge is 0.240 e. The molecule has 0 aliphatic heterocycles. The molecule has 2 aromatic rings. The molecule has 0 saturated heterocycles. The van der Waals surface area contributed by atoms with Crippen molar-refractivity contribution in [2.45, 2.75) is 30.2 Å². The van der Waals surface area contributed by atoms with E-state index in [-0.39, 0.29) is 17.1 Å². The Balaban J connectivity index is 2.25. The second kappa shape index (κ2) is 6.76. The molecule has 0 spiro atoms. The van der Waals surface area contributed by atoms with Gasteiger partial charge in [0.15, 0.2) is 0 Å². The first-order chi connectivity index (χ1) is 9.99. The fraction of sp³-hybridized carbons (Fsp3) is 0.400. The zero-order chi connectivity index (χ0) is 15.4. The predicted molar refractivity (Wildman–Crippen MR) is 84.2 cm³/mol. The van der Waals surface area contributed by atoms with Gasteiger partial charge < -0.3 is 4.90 Å². The zero-order valence-corrected chi connectivity index (χ0v) is 13.5. The van der Waals surface area contributed by atoms with Gasteiger partial charge >= 0.3 is 0 Å². The summed E-state index contributed by atoms with van der Waals surface area (Å²) in [7, 11) is 3.52. The standard InChI is InChI=1S/C15H20N4OS/c1-10(2)13-16-15(18-17-13)21-12(14(20)19(3)4)11-8-6-5-7-9-11/h5-10,12H,1-4H3,(H,16,17,18)/t12-/m1/s1. The summed E-state index contributed by atoms with van der Waals surface area (Å²) in [6.07, 6.45) is 0. The van der Waals surface area contributed by atoms with Crippen molar-refractivity contribution >= 4 is 17.7 Å². The molecule has 1 amide bonds. The van der Waals surface area contributed by atoms with E-state index >= 15 is 0 Å². The quantitative estimate of drug-likeness (QED) is 0.863. The first kappa shape index (κ1) is 15.6. The van der Waals surface area contributed by atoms with E-state index in [1.807, 2.05) is 30.3 Å². The summed E-state index contributed by atoms with van der Waals surface area (Å²) in [5, 5.41) is 7.39. The number of aromatic nitrogens is 3. The van der Waals surface area contributed by atoms with Crippen LogP contribution < -0.4 is 0 Å². The number of H-pyrrole nitrogens is 1. The number of hydrogen-bond acceptors (Lipinski definition) is 4. The molecule has 1 heterocycles. The molecule has 1 aromatic heterocycles. The molecule has 0 saturated carbocycles. The van der Waals surface area contributed by atoms with Gasteiger partial charge in [0.2, 0.25) is 11.1 Å². The molecule has 1 atom stereocenters. The Morgan fingerprint density at radius 3 is 2.43 bits per heavy atom. The van der Waals surface area contributed by atoms with Crippen molar-refractivity contribution < 1.29 is 4.79 Å². The van der Waals surface area contributed by atoms with Crippen molar-refractivity contribution in [3.63, 3.8) is 0 Å². The maximum atomic E-state index is 12.4. The van der Waals surface area contributed by atoms with Crippen molar-refractivity contribution in [2.24, 2.45) is 0 Å². The molecule has 6 heteroatoms. The summed E-state index contributed by atoms with van der Waals surface area (Å²) in [6, 6.07) is 9.71. The minimum Gasteiger partial charge on any atom is -0.348 e. The minimum absolute atomic E-state index is 0.0297. The lowest BCUT2D eigenvalue weighted by Crippen LogP contribution is -2.26. The molecular formula is C15H20N4OS. The Kier molecular flexibility index (Phi) is 5.01. The molecule has 21 heavy (non-hydrogen) atoms. The summed E-state index contributed by atoms with van der Waals surface area (Å²) < 4.78 is 0. The van der Waals surface area contributed by atoms with E-state index < -0.39 is 0 Å². The number of nitrogens with one attached hydrogen (secondary N) is 1. The Morgan fingerprint density at radius 1 is 1.24 bits per heavy atom. The van der Waals surface area contributed by atoms with Crippen LogP contribution in [0.3, 0.4) is 0 Å². The van der Waals surface area contributed by atoms with Crippen molar-refractivity contribution in [1.82, 2.24) is 20.1 Å². The van der Waals surface area contributed by atoms with Gasteiger partial charge in [-0.2, -0.15) is 0 Å². The third-order valence-electron chi connectivity index (χ3n) is 3.02. The van der Waals surface area contributed by atoms with E-state index in [9.17, 15) is 4.79 Å². The SMILES string of the molecule is CC(C)c1nc(S[C@@H](C(=O)N(C)C)c2ccccc2)n[nH]1. The van der Waals surface area contributed by atoms with Crippen molar-refractivity contribution in [3.05, 3.63) is 41.7 Å². The number of aromatic amines is 1. The molecule has 0 bridgehead atoms. The molecular weight excluding hydrogens is 284 g/mol. The first-order valence-corrected chi connectivity index (χ1v) is 7.72. The van der Waals surface area contributed by atoms with Crippen LogP contribution in [0, 0.1) is 0 Å². The average Bonchev–Trinajstić information content (AvgIpc) is 2.93. The monoisotopic (exact) mass is 304 g/mol. The van der Waals surface area contributed by atoms with E-state index in [1.54, 1.807) is 19.0 Å². The van der Waals surface area contributed by atoms with Crippen LogP contribution in [0.25, 0.3) is 0 Å². The number of thioether (sulfide) groups is 1. The van der Waals surface area contributed by atoms with Crippen LogP contribution >= 0.6 is 11.8 Å². The van der Waals surface area contributed by atoms with E-state index in [0.717, 1.165) is 11.4 Å². The molecule has 0 radical (unpaired) electrons. The Labute approximate surface area is 129 Å². The third-order valence-corrected chi connectivity index (χ3v) is 4.12. The Morgan fingerprint density at radius 2 is 1.90 bits per heavy atom. The van der Waals surface area contributed by atoms with Crippen LogP contribution in [-0.4, -0.2) is 40.1 Å². The molecule has 1 N–H and O–H groups in total. The Hall–Kier alpha value is -1.82. The normalized spacial score (nSPS) is 12.4. The number of hydrogen-bond donors (Lipinski definition) is 1. The van der Waals surface area contributed by atoms with Gasteiger partial charge in [0.05, 0.1) is 0 Å². The van der Waals surface area contributed by atoms with Crippen LogP contribution in [0.4, 0.5) is 0 Å².